The molecule has 2 nitrogen and oxygen atoms in total. The molecular weight excluding hydrogens is 272 g/mol. The summed E-state index contributed by atoms with van der Waals surface area (Å²) < 4.78 is 11.7. The summed E-state index contributed by atoms with van der Waals surface area (Å²) in [5.41, 5.74) is 2.80. The van der Waals surface area contributed by atoms with Crippen molar-refractivity contribution in [3.8, 4) is 29.4 Å². The molecule has 108 valence electrons. The van der Waals surface area contributed by atoms with E-state index in [-0.39, 0.29) is 0 Å². The summed E-state index contributed by atoms with van der Waals surface area (Å²) in [7, 11) is 0. The summed E-state index contributed by atoms with van der Waals surface area (Å²) >= 11 is 0. The maximum atomic E-state index is 5.97. The minimum absolute atomic E-state index is 0.488. The van der Waals surface area contributed by atoms with Crippen LogP contribution in [0.2, 0.25) is 0 Å². The fraction of sp³-hybridized carbons (Fsp3) is 0.100. The zero-order valence-electron chi connectivity index (χ0n) is 12.4. The van der Waals surface area contributed by atoms with E-state index in [1.807, 2.05) is 67.6 Å². The second-order valence-corrected chi connectivity index (χ2v) is 5.04. The third-order valence-corrected chi connectivity index (χ3v) is 3.39. The number of ether oxygens (including phenoxy) is 1. The Bertz CT molecular complexity index is 807. The van der Waals surface area contributed by atoms with Crippen LogP contribution in [0.4, 0.5) is 0 Å². The van der Waals surface area contributed by atoms with Gasteiger partial charge in [-0.1, -0.05) is 36.3 Å². The van der Waals surface area contributed by atoms with Crippen LogP contribution >= 0.6 is 0 Å². The Kier molecular flexibility index (Phi) is 3.98. The highest BCUT2D eigenvalue weighted by atomic mass is 16.5. The van der Waals surface area contributed by atoms with Gasteiger partial charge in [0.1, 0.15) is 23.9 Å². The molecule has 0 saturated carbocycles. The Morgan fingerprint density at radius 1 is 1.05 bits per heavy atom. The first kappa shape index (κ1) is 14.0. The maximum Gasteiger partial charge on any atom is 0.137 e. The molecule has 0 saturated heterocycles. The molecule has 2 heteroatoms. The Labute approximate surface area is 130 Å². The summed E-state index contributed by atoms with van der Waals surface area (Å²) in [6, 6.07) is 19.6. The minimum atomic E-state index is 0.488. The van der Waals surface area contributed by atoms with Crippen LogP contribution in [0.3, 0.4) is 0 Å². The quantitative estimate of drug-likeness (QED) is 0.642. The average Bonchev–Trinajstić information content (AvgIpc) is 3.00. The van der Waals surface area contributed by atoms with Crippen LogP contribution in [0, 0.1) is 19.3 Å². The fourth-order valence-electron chi connectivity index (χ4n) is 2.25. The van der Waals surface area contributed by atoms with Gasteiger partial charge in [-0.2, -0.15) is 0 Å². The molecular formula is C20H16O2. The van der Waals surface area contributed by atoms with Crippen LogP contribution in [0.5, 0.6) is 5.75 Å². The summed E-state index contributed by atoms with van der Waals surface area (Å²) in [6.45, 7) is 2.41. The molecule has 1 aromatic heterocycles. The van der Waals surface area contributed by atoms with E-state index in [1.165, 1.54) is 0 Å². The van der Waals surface area contributed by atoms with Gasteiger partial charge in [0.25, 0.3) is 0 Å². The highest BCUT2D eigenvalue weighted by Crippen LogP contribution is 2.32. The van der Waals surface area contributed by atoms with Crippen LogP contribution < -0.4 is 4.74 Å². The minimum Gasteiger partial charge on any atom is -0.488 e. The van der Waals surface area contributed by atoms with E-state index in [1.54, 1.807) is 0 Å². The third-order valence-electron chi connectivity index (χ3n) is 3.39. The van der Waals surface area contributed by atoms with Crippen molar-refractivity contribution in [2.24, 2.45) is 0 Å². The topological polar surface area (TPSA) is 22.4 Å². The van der Waals surface area contributed by atoms with E-state index >= 15 is 0 Å². The van der Waals surface area contributed by atoms with Gasteiger partial charge in [-0.3, -0.25) is 0 Å². The van der Waals surface area contributed by atoms with Gasteiger partial charge in [0.15, 0.2) is 0 Å². The van der Waals surface area contributed by atoms with Gasteiger partial charge in [0.2, 0.25) is 0 Å². The van der Waals surface area contributed by atoms with Gasteiger partial charge in [-0.25, -0.2) is 0 Å². The first-order chi connectivity index (χ1) is 10.8. The van der Waals surface area contributed by atoms with Crippen molar-refractivity contribution in [3.63, 3.8) is 0 Å². The molecule has 22 heavy (non-hydrogen) atoms. The van der Waals surface area contributed by atoms with Crippen molar-refractivity contribution < 1.29 is 9.15 Å². The number of aryl methyl sites for hydroxylation is 1. The predicted octanol–water partition coefficient (Wildman–Crippen LogP) is 4.82. The van der Waals surface area contributed by atoms with Crippen molar-refractivity contribution in [2.45, 2.75) is 13.5 Å². The molecule has 0 fully saturated rings. The van der Waals surface area contributed by atoms with Crippen LogP contribution in [0.15, 0.2) is 65.1 Å². The number of furan rings is 1. The Balaban J connectivity index is 1.92. The molecule has 2 aromatic carbocycles. The Morgan fingerprint density at radius 3 is 2.55 bits per heavy atom. The lowest BCUT2D eigenvalue weighted by Gasteiger charge is -2.11. The molecule has 0 aliphatic rings. The normalized spacial score (nSPS) is 10.2. The summed E-state index contributed by atoms with van der Waals surface area (Å²) in [5, 5.41) is 0. The van der Waals surface area contributed by atoms with Crippen LogP contribution in [-0.2, 0) is 6.61 Å². The molecule has 3 aromatic rings. The highest BCUT2D eigenvalue weighted by Gasteiger charge is 2.11. The lowest BCUT2D eigenvalue weighted by molar-refractivity contribution is 0.306. The van der Waals surface area contributed by atoms with E-state index in [2.05, 4.69) is 5.92 Å². The number of hydrogen-bond acceptors (Lipinski definition) is 2. The SMILES string of the molecule is C#Cc1ccc(-c2ccc(C)o2)c(OCc2ccccc2)c1. The van der Waals surface area contributed by atoms with Gasteiger partial charge >= 0.3 is 0 Å². The highest BCUT2D eigenvalue weighted by molar-refractivity contribution is 5.67. The number of hydrogen-bond donors (Lipinski definition) is 0. The standard InChI is InChI=1S/C20H16O2/c1-3-16-10-11-18(19-12-9-15(2)22-19)20(13-16)21-14-17-7-5-4-6-8-17/h1,4-13H,14H2,2H3. The van der Waals surface area contributed by atoms with E-state index in [0.29, 0.717) is 6.61 Å². The molecule has 0 N–H and O–H groups in total. The molecule has 0 bridgehead atoms. The van der Waals surface area contributed by atoms with Crippen molar-refractivity contribution in [3.05, 3.63) is 77.6 Å². The summed E-state index contributed by atoms with van der Waals surface area (Å²) in [6.07, 6.45) is 5.49. The first-order valence-electron chi connectivity index (χ1n) is 7.10. The second kappa shape index (κ2) is 6.24. The summed E-state index contributed by atoms with van der Waals surface area (Å²) in [4.78, 5) is 0. The van der Waals surface area contributed by atoms with E-state index in [4.69, 9.17) is 15.6 Å². The zero-order chi connectivity index (χ0) is 15.4. The van der Waals surface area contributed by atoms with Gasteiger partial charge < -0.3 is 9.15 Å². The van der Waals surface area contributed by atoms with Gasteiger partial charge in [0, 0.05) is 5.56 Å². The predicted molar refractivity (Wildman–Crippen MR) is 87.6 cm³/mol. The van der Waals surface area contributed by atoms with Crippen LogP contribution in [0.1, 0.15) is 16.9 Å². The fourth-order valence-corrected chi connectivity index (χ4v) is 2.25. The second-order valence-electron chi connectivity index (χ2n) is 5.04. The van der Waals surface area contributed by atoms with Crippen molar-refractivity contribution >= 4 is 0 Å². The summed E-state index contributed by atoms with van der Waals surface area (Å²) in [5.74, 6) is 5.02. The monoisotopic (exact) mass is 288 g/mol. The van der Waals surface area contributed by atoms with Gasteiger partial charge in [-0.15, -0.1) is 6.42 Å². The molecule has 0 aliphatic heterocycles. The Morgan fingerprint density at radius 2 is 1.86 bits per heavy atom. The average molecular weight is 288 g/mol. The molecule has 0 amide bonds. The van der Waals surface area contributed by atoms with Crippen LogP contribution in [0.25, 0.3) is 11.3 Å². The molecule has 0 atom stereocenters. The van der Waals surface area contributed by atoms with E-state index in [9.17, 15) is 0 Å². The molecule has 0 radical (unpaired) electrons. The first-order valence-corrected chi connectivity index (χ1v) is 7.10. The number of benzene rings is 2. The molecule has 0 spiro atoms. The third kappa shape index (κ3) is 3.05. The molecule has 3 rings (SSSR count). The molecule has 1 heterocycles. The number of rotatable bonds is 4. The lowest BCUT2D eigenvalue weighted by atomic mass is 10.1. The maximum absolute atomic E-state index is 5.97. The molecule has 0 aliphatic carbocycles. The number of terminal acetylenes is 1. The van der Waals surface area contributed by atoms with Crippen molar-refractivity contribution in [1.29, 1.82) is 0 Å². The van der Waals surface area contributed by atoms with Crippen LogP contribution in [-0.4, -0.2) is 0 Å². The smallest absolute Gasteiger partial charge is 0.137 e. The molecule has 0 unspecified atom stereocenters. The van der Waals surface area contributed by atoms with E-state index in [0.717, 1.165) is 34.0 Å². The van der Waals surface area contributed by atoms with E-state index < -0.39 is 0 Å². The van der Waals surface area contributed by atoms with Crippen molar-refractivity contribution in [1.82, 2.24) is 0 Å². The largest absolute Gasteiger partial charge is 0.488 e. The van der Waals surface area contributed by atoms with Gasteiger partial charge in [0.05, 0.1) is 5.56 Å². The zero-order valence-corrected chi connectivity index (χ0v) is 12.4. The van der Waals surface area contributed by atoms with Gasteiger partial charge in [-0.05, 0) is 42.8 Å². The Hall–Kier alpha value is -2.92. The lowest BCUT2D eigenvalue weighted by Crippen LogP contribution is -1.97. The van der Waals surface area contributed by atoms with Crippen molar-refractivity contribution in [2.75, 3.05) is 0 Å².